The third-order valence-corrected chi connectivity index (χ3v) is 5.65. The number of aromatic nitrogens is 2. The van der Waals surface area contributed by atoms with Gasteiger partial charge < -0.3 is 19.5 Å². The Morgan fingerprint density at radius 2 is 2.00 bits per heavy atom. The van der Waals surface area contributed by atoms with Crippen molar-refractivity contribution in [3.05, 3.63) is 29.0 Å². The van der Waals surface area contributed by atoms with Crippen LogP contribution in [0.15, 0.2) is 12.1 Å². The first-order valence-corrected chi connectivity index (χ1v) is 10.6. The lowest BCUT2D eigenvalue weighted by molar-refractivity contribution is 0.0430. The molecule has 2 heterocycles. The maximum absolute atomic E-state index is 12.7. The highest BCUT2D eigenvalue weighted by atomic mass is 16.5. The minimum atomic E-state index is -0.715. The van der Waals surface area contributed by atoms with E-state index in [1.165, 1.54) is 0 Å². The van der Waals surface area contributed by atoms with Crippen molar-refractivity contribution < 1.29 is 19.4 Å². The number of methoxy groups -OCH3 is 1. The van der Waals surface area contributed by atoms with Gasteiger partial charge in [-0.15, -0.1) is 5.10 Å². The van der Waals surface area contributed by atoms with Crippen LogP contribution in [0.25, 0.3) is 5.52 Å². The van der Waals surface area contributed by atoms with Crippen molar-refractivity contribution in [2.24, 2.45) is 5.92 Å². The van der Waals surface area contributed by atoms with E-state index in [1.807, 2.05) is 45.3 Å². The summed E-state index contributed by atoms with van der Waals surface area (Å²) < 4.78 is 12.5. The molecular formula is C23H37N3O4. The summed E-state index contributed by atoms with van der Waals surface area (Å²) in [5.41, 5.74) is 2.50. The second-order valence-corrected chi connectivity index (χ2v) is 8.88. The van der Waals surface area contributed by atoms with Crippen molar-refractivity contribution in [3.63, 3.8) is 0 Å². The zero-order chi connectivity index (χ0) is 22.6. The van der Waals surface area contributed by atoms with Gasteiger partial charge in [0.1, 0.15) is 0 Å². The van der Waals surface area contributed by atoms with Crippen molar-refractivity contribution in [1.82, 2.24) is 14.5 Å². The molecule has 1 N–H and O–H groups in total. The van der Waals surface area contributed by atoms with Gasteiger partial charge in [0.05, 0.1) is 30.4 Å². The smallest absolute Gasteiger partial charge is 0.340 e. The third-order valence-electron chi connectivity index (χ3n) is 5.65. The van der Waals surface area contributed by atoms with E-state index in [4.69, 9.17) is 9.47 Å². The van der Waals surface area contributed by atoms with Crippen LogP contribution >= 0.6 is 0 Å². The van der Waals surface area contributed by atoms with Crippen LogP contribution in [-0.4, -0.2) is 65.0 Å². The van der Waals surface area contributed by atoms with E-state index in [0.717, 1.165) is 29.7 Å². The monoisotopic (exact) mass is 419 g/mol. The molecule has 2 atom stereocenters. The van der Waals surface area contributed by atoms with Gasteiger partial charge in [0.2, 0.25) is 5.88 Å². The van der Waals surface area contributed by atoms with E-state index in [2.05, 4.69) is 23.8 Å². The number of carbonyl (C=O) groups is 1. The summed E-state index contributed by atoms with van der Waals surface area (Å²) in [6.45, 7) is 13.6. The summed E-state index contributed by atoms with van der Waals surface area (Å²) in [5.74, 6) is 0.680. The van der Waals surface area contributed by atoms with E-state index >= 15 is 0 Å². The van der Waals surface area contributed by atoms with E-state index in [9.17, 15) is 9.90 Å². The standard InChI is InChI=1S/C23H37N3O4/c1-9-30-22(27)20-17(4)21(26-18(20)10-11-19(24-26)29-8)16(3)15(2)12-13-25(7)14-23(5,6)28/h10-11,15-16,28H,9,12-14H2,1-8H3. The Morgan fingerprint density at radius 1 is 1.33 bits per heavy atom. The van der Waals surface area contributed by atoms with Crippen molar-refractivity contribution in [1.29, 1.82) is 0 Å². The summed E-state index contributed by atoms with van der Waals surface area (Å²) in [6, 6.07) is 3.63. The Kier molecular flexibility index (Phi) is 7.88. The number of nitrogens with zero attached hydrogens (tertiary/aromatic N) is 3. The molecule has 2 aromatic heterocycles. The molecule has 0 aliphatic carbocycles. The number of aliphatic hydroxyl groups is 1. The number of likely N-dealkylation sites (N-methyl/N-ethyl adjacent to an activating group) is 1. The number of carbonyl (C=O) groups excluding carboxylic acids is 1. The van der Waals surface area contributed by atoms with Crippen LogP contribution in [0.4, 0.5) is 0 Å². The first-order valence-electron chi connectivity index (χ1n) is 10.6. The highest BCUT2D eigenvalue weighted by Gasteiger charge is 2.28. The number of ether oxygens (including phenoxy) is 2. The molecule has 0 saturated carbocycles. The first kappa shape index (κ1) is 24.2. The SMILES string of the molecule is CCOC(=O)c1c(C)c(C(C)C(C)CCN(C)CC(C)(C)O)n2nc(OC)ccc12. The largest absolute Gasteiger partial charge is 0.480 e. The average Bonchev–Trinajstić information content (AvgIpc) is 2.95. The summed E-state index contributed by atoms with van der Waals surface area (Å²) in [7, 11) is 3.61. The molecule has 2 unspecified atom stereocenters. The molecule has 0 spiro atoms. The van der Waals surface area contributed by atoms with Crippen LogP contribution in [0.2, 0.25) is 0 Å². The Balaban J connectivity index is 2.36. The van der Waals surface area contributed by atoms with E-state index in [1.54, 1.807) is 13.2 Å². The Hall–Kier alpha value is -2.12. The summed E-state index contributed by atoms with van der Waals surface area (Å²) in [6.07, 6.45) is 0.957. The topological polar surface area (TPSA) is 76.3 Å². The fourth-order valence-electron chi connectivity index (χ4n) is 4.05. The van der Waals surface area contributed by atoms with E-state index in [-0.39, 0.29) is 11.9 Å². The number of esters is 1. The van der Waals surface area contributed by atoms with Gasteiger partial charge >= 0.3 is 5.97 Å². The van der Waals surface area contributed by atoms with Crippen LogP contribution in [0.3, 0.4) is 0 Å². The fourth-order valence-corrected chi connectivity index (χ4v) is 4.05. The first-order chi connectivity index (χ1) is 14.0. The molecule has 7 heteroatoms. The zero-order valence-electron chi connectivity index (χ0n) is 19.7. The molecule has 168 valence electrons. The molecule has 0 amide bonds. The van der Waals surface area contributed by atoms with Crippen molar-refractivity contribution in [2.45, 2.75) is 59.5 Å². The van der Waals surface area contributed by atoms with Crippen LogP contribution in [0.5, 0.6) is 5.88 Å². The molecule has 7 nitrogen and oxygen atoms in total. The highest BCUT2D eigenvalue weighted by Crippen LogP contribution is 2.34. The Morgan fingerprint density at radius 3 is 2.57 bits per heavy atom. The molecular weight excluding hydrogens is 382 g/mol. The molecule has 0 aromatic carbocycles. The van der Waals surface area contributed by atoms with Crippen LogP contribution < -0.4 is 4.74 Å². The number of fused-ring (bicyclic) bond motifs is 1. The summed E-state index contributed by atoms with van der Waals surface area (Å²) in [4.78, 5) is 14.8. The molecule has 0 aliphatic rings. The number of hydrogen-bond donors (Lipinski definition) is 1. The maximum atomic E-state index is 12.7. The average molecular weight is 420 g/mol. The van der Waals surface area contributed by atoms with Crippen molar-refractivity contribution >= 4 is 11.5 Å². The molecule has 0 radical (unpaired) electrons. The number of hydrogen-bond acceptors (Lipinski definition) is 6. The lowest BCUT2D eigenvalue weighted by Gasteiger charge is -2.28. The lowest BCUT2D eigenvalue weighted by Crippen LogP contribution is -2.37. The normalized spacial score (nSPS) is 14.2. The predicted octanol–water partition coefficient (Wildman–Crippen LogP) is 3.66. The molecule has 30 heavy (non-hydrogen) atoms. The molecule has 0 saturated heterocycles. The van der Waals surface area contributed by atoms with Crippen LogP contribution in [0, 0.1) is 12.8 Å². The van der Waals surface area contributed by atoms with Gasteiger partial charge in [0.25, 0.3) is 0 Å². The van der Waals surface area contributed by atoms with Gasteiger partial charge in [0.15, 0.2) is 0 Å². The fraction of sp³-hybridized carbons (Fsp3) is 0.652. The molecule has 0 aliphatic heterocycles. The Labute approximate surface area is 180 Å². The number of rotatable bonds is 10. The predicted molar refractivity (Wildman–Crippen MR) is 118 cm³/mol. The van der Waals surface area contributed by atoms with E-state index < -0.39 is 5.60 Å². The molecule has 0 bridgehead atoms. The summed E-state index contributed by atoms with van der Waals surface area (Å²) >= 11 is 0. The second kappa shape index (κ2) is 9.79. The van der Waals surface area contributed by atoms with Gasteiger partial charge in [0, 0.05) is 24.2 Å². The molecule has 0 fully saturated rings. The maximum Gasteiger partial charge on any atom is 0.340 e. The zero-order valence-corrected chi connectivity index (χ0v) is 19.7. The Bertz CT molecular complexity index is 869. The lowest BCUT2D eigenvalue weighted by atomic mass is 9.88. The van der Waals surface area contributed by atoms with Crippen LogP contribution in [-0.2, 0) is 4.74 Å². The van der Waals surface area contributed by atoms with Gasteiger partial charge in [-0.2, -0.15) is 0 Å². The van der Waals surface area contributed by atoms with Crippen LogP contribution in [0.1, 0.15) is 68.6 Å². The van der Waals surface area contributed by atoms with Gasteiger partial charge in [-0.1, -0.05) is 13.8 Å². The van der Waals surface area contributed by atoms with Gasteiger partial charge in [-0.05, 0) is 65.3 Å². The minimum absolute atomic E-state index is 0.163. The highest BCUT2D eigenvalue weighted by molar-refractivity contribution is 5.99. The third kappa shape index (κ3) is 5.52. The minimum Gasteiger partial charge on any atom is -0.480 e. The molecule has 2 aromatic rings. The van der Waals surface area contributed by atoms with E-state index in [0.29, 0.717) is 30.5 Å². The van der Waals surface area contributed by atoms with Crippen molar-refractivity contribution in [2.75, 3.05) is 33.9 Å². The second-order valence-electron chi connectivity index (χ2n) is 8.88. The summed E-state index contributed by atoms with van der Waals surface area (Å²) in [5, 5.41) is 14.6. The van der Waals surface area contributed by atoms with Gasteiger partial charge in [-0.25, -0.2) is 9.31 Å². The van der Waals surface area contributed by atoms with Crippen molar-refractivity contribution in [3.8, 4) is 5.88 Å². The quantitative estimate of drug-likeness (QED) is 0.592. The molecule has 2 rings (SSSR count). The van der Waals surface area contributed by atoms with Gasteiger partial charge in [-0.3, -0.25) is 0 Å².